The molecule has 1 aromatic rings. The molecule has 118 valence electrons. The van der Waals surface area contributed by atoms with Crippen LogP contribution in [0.3, 0.4) is 0 Å². The van der Waals surface area contributed by atoms with E-state index in [1.807, 2.05) is 19.1 Å². The van der Waals surface area contributed by atoms with Crippen LogP contribution in [0, 0.1) is 5.41 Å². The van der Waals surface area contributed by atoms with E-state index in [0.29, 0.717) is 11.4 Å². The van der Waals surface area contributed by atoms with Gasteiger partial charge in [0.25, 0.3) is 0 Å². The second kappa shape index (κ2) is 4.90. The van der Waals surface area contributed by atoms with Crippen LogP contribution in [-0.4, -0.2) is 38.1 Å². The minimum atomic E-state index is -3.43. The average Bonchev–Trinajstić information content (AvgIpc) is 2.85. The molecule has 5 heteroatoms. The molecule has 2 heterocycles. The van der Waals surface area contributed by atoms with Crippen LogP contribution in [0.2, 0.25) is 0 Å². The topological polar surface area (TPSA) is 49.7 Å². The highest BCUT2D eigenvalue weighted by Crippen LogP contribution is 2.51. The number of fused-ring (bicyclic) bond motifs is 1. The zero-order valence-corrected chi connectivity index (χ0v) is 13.8. The fourth-order valence-electron chi connectivity index (χ4n) is 4.29. The Labute approximate surface area is 132 Å². The Morgan fingerprint density at radius 1 is 1.32 bits per heavy atom. The third-order valence-electron chi connectivity index (χ3n) is 5.60. The van der Waals surface area contributed by atoms with Crippen LogP contribution in [0.5, 0.6) is 0 Å². The largest absolute Gasteiger partial charge is 0.292 e. The van der Waals surface area contributed by atoms with Gasteiger partial charge >= 0.3 is 0 Å². The van der Waals surface area contributed by atoms with Crippen molar-refractivity contribution in [2.45, 2.75) is 50.0 Å². The highest BCUT2D eigenvalue weighted by atomic mass is 32.2. The maximum absolute atomic E-state index is 13.2. The molecule has 2 fully saturated rings. The van der Waals surface area contributed by atoms with Gasteiger partial charge in [-0.2, -0.15) is 4.31 Å². The van der Waals surface area contributed by atoms with Crippen molar-refractivity contribution in [3.05, 3.63) is 29.3 Å². The Morgan fingerprint density at radius 2 is 2.14 bits per heavy atom. The van der Waals surface area contributed by atoms with Crippen LogP contribution in [0.1, 0.15) is 43.7 Å². The average molecular weight is 318 g/mol. The van der Waals surface area contributed by atoms with Crippen molar-refractivity contribution >= 4 is 16.2 Å². The third kappa shape index (κ3) is 2.06. The van der Waals surface area contributed by atoms with Crippen molar-refractivity contribution in [2.75, 3.05) is 13.1 Å². The molecular weight excluding hydrogens is 296 g/mol. The van der Waals surface area contributed by atoms with Crippen LogP contribution in [0.4, 0.5) is 0 Å². The summed E-state index contributed by atoms with van der Waals surface area (Å²) >= 11 is 0. The smallest absolute Gasteiger partial charge is 0.243 e. The SMILES string of the molecule is CC1CC2(CCC2)CN1S(=O)(=O)c1cccc2c1C=NCC2. The summed E-state index contributed by atoms with van der Waals surface area (Å²) in [5.74, 6) is 0. The molecule has 3 aliphatic rings. The highest BCUT2D eigenvalue weighted by molar-refractivity contribution is 7.89. The second-order valence-corrected chi connectivity index (χ2v) is 8.93. The van der Waals surface area contributed by atoms with E-state index in [0.717, 1.165) is 30.5 Å². The molecule has 1 aliphatic carbocycles. The van der Waals surface area contributed by atoms with Crippen LogP contribution in [-0.2, 0) is 16.4 Å². The normalized spacial score (nSPS) is 26.9. The van der Waals surface area contributed by atoms with Crippen molar-refractivity contribution in [3.63, 3.8) is 0 Å². The molecular formula is C17H22N2O2S. The maximum atomic E-state index is 13.2. The first-order valence-corrected chi connectivity index (χ1v) is 9.60. The van der Waals surface area contributed by atoms with Gasteiger partial charge in [0.1, 0.15) is 0 Å². The Kier molecular flexibility index (Phi) is 3.20. The predicted octanol–water partition coefficient (Wildman–Crippen LogP) is 2.61. The molecule has 2 aliphatic heterocycles. The number of benzene rings is 1. The van der Waals surface area contributed by atoms with Crippen molar-refractivity contribution in [3.8, 4) is 0 Å². The van der Waals surface area contributed by atoms with Gasteiger partial charge in [-0.05, 0) is 49.7 Å². The van der Waals surface area contributed by atoms with Gasteiger partial charge in [0, 0.05) is 30.9 Å². The summed E-state index contributed by atoms with van der Waals surface area (Å²) in [6, 6.07) is 5.72. The van der Waals surface area contributed by atoms with Crippen LogP contribution < -0.4 is 0 Å². The van der Waals surface area contributed by atoms with E-state index in [4.69, 9.17) is 0 Å². The van der Waals surface area contributed by atoms with Gasteiger partial charge in [0.2, 0.25) is 10.0 Å². The van der Waals surface area contributed by atoms with Gasteiger partial charge in [-0.1, -0.05) is 18.6 Å². The number of sulfonamides is 1. The number of rotatable bonds is 2. The van der Waals surface area contributed by atoms with Crippen LogP contribution >= 0.6 is 0 Å². The van der Waals surface area contributed by atoms with Gasteiger partial charge in [-0.25, -0.2) is 8.42 Å². The quantitative estimate of drug-likeness (QED) is 0.841. The first-order valence-electron chi connectivity index (χ1n) is 8.15. The Morgan fingerprint density at radius 3 is 2.82 bits per heavy atom. The van der Waals surface area contributed by atoms with Crippen molar-refractivity contribution in [2.24, 2.45) is 10.4 Å². The first-order chi connectivity index (χ1) is 10.5. The third-order valence-corrected chi connectivity index (χ3v) is 7.62. The fourth-order valence-corrected chi connectivity index (χ4v) is 6.24. The molecule has 1 aromatic carbocycles. The van der Waals surface area contributed by atoms with Crippen molar-refractivity contribution < 1.29 is 8.42 Å². The summed E-state index contributed by atoms with van der Waals surface area (Å²) < 4.78 is 28.2. The summed E-state index contributed by atoms with van der Waals surface area (Å²) in [4.78, 5) is 4.73. The van der Waals surface area contributed by atoms with Crippen LogP contribution in [0.15, 0.2) is 28.1 Å². The summed E-state index contributed by atoms with van der Waals surface area (Å²) in [5, 5.41) is 0. The molecule has 0 radical (unpaired) electrons. The Hall–Kier alpha value is -1.20. The molecule has 1 saturated carbocycles. The molecule has 4 rings (SSSR count). The molecule has 0 amide bonds. The lowest BCUT2D eigenvalue weighted by Crippen LogP contribution is -2.37. The summed E-state index contributed by atoms with van der Waals surface area (Å²) in [7, 11) is -3.43. The number of aliphatic imine (C=N–C) groups is 1. The summed E-state index contributed by atoms with van der Waals surface area (Å²) in [6.07, 6.45) is 7.18. The lowest BCUT2D eigenvalue weighted by Gasteiger charge is -2.38. The zero-order chi connectivity index (χ0) is 15.4. The number of nitrogens with zero attached hydrogens (tertiary/aromatic N) is 2. The summed E-state index contributed by atoms with van der Waals surface area (Å²) in [6.45, 7) is 3.49. The van der Waals surface area contributed by atoms with Crippen molar-refractivity contribution in [1.82, 2.24) is 4.31 Å². The molecule has 1 spiro atoms. The minimum Gasteiger partial charge on any atom is -0.292 e. The Bertz CT molecular complexity index is 735. The van der Waals surface area contributed by atoms with Gasteiger partial charge in [0.15, 0.2) is 0 Å². The fraction of sp³-hybridized carbons (Fsp3) is 0.588. The van der Waals surface area contributed by atoms with Crippen molar-refractivity contribution in [1.29, 1.82) is 0 Å². The van der Waals surface area contributed by atoms with E-state index in [2.05, 4.69) is 4.99 Å². The molecule has 0 N–H and O–H groups in total. The Balaban J connectivity index is 1.75. The standard InChI is InChI=1S/C17H22N2O2S/c1-13-10-17(7-3-8-17)12-19(13)22(20,21)16-5-2-4-14-6-9-18-11-15(14)16/h2,4-5,11,13H,3,6-10,12H2,1H3. The van der Waals surface area contributed by atoms with Crippen LogP contribution in [0.25, 0.3) is 0 Å². The van der Waals surface area contributed by atoms with Gasteiger partial charge in [0.05, 0.1) is 4.90 Å². The highest BCUT2D eigenvalue weighted by Gasteiger charge is 2.50. The molecule has 0 bridgehead atoms. The van der Waals surface area contributed by atoms with Gasteiger partial charge < -0.3 is 0 Å². The lowest BCUT2D eigenvalue weighted by molar-refractivity contribution is 0.152. The van der Waals surface area contributed by atoms with E-state index in [1.165, 1.54) is 19.3 Å². The van der Waals surface area contributed by atoms with Gasteiger partial charge in [-0.3, -0.25) is 4.99 Å². The van der Waals surface area contributed by atoms with E-state index in [9.17, 15) is 8.42 Å². The van der Waals surface area contributed by atoms with E-state index >= 15 is 0 Å². The summed E-state index contributed by atoms with van der Waals surface area (Å²) in [5.41, 5.74) is 2.16. The molecule has 1 unspecified atom stereocenters. The molecule has 4 nitrogen and oxygen atoms in total. The molecule has 22 heavy (non-hydrogen) atoms. The first kappa shape index (κ1) is 14.4. The van der Waals surface area contributed by atoms with Gasteiger partial charge in [-0.15, -0.1) is 0 Å². The second-order valence-electron chi connectivity index (χ2n) is 7.07. The lowest BCUT2D eigenvalue weighted by atomic mass is 9.68. The minimum absolute atomic E-state index is 0.0988. The number of hydrogen-bond acceptors (Lipinski definition) is 3. The molecule has 1 atom stereocenters. The van der Waals surface area contributed by atoms with E-state index in [-0.39, 0.29) is 11.5 Å². The maximum Gasteiger partial charge on any atom is 0.243 e. The molecule has 1 saturated heterocycles. The number of hydrogen-bond donors (Lipinski definition) is 0. The zero-order valence-electron chi connectivity index (χ0n) is 13.0. The van der Waals surface area contributed by atoms with E-state index < -0.39 is 10.0 Å². The molecule has 0 aromatic heterocycles. The predicted molar refractivity (Wildman–Crippen MR) is 86.9 cm³/mol. The van der Waals surface area contributed by atoms with E-state index in [1.54, 1.807) is 16.6 Å². The monoisotopic (exact) mass is 318 g/mol.